The second kappa shape index (κ2) is 10.4. The minimum absolute atomic E-state index is 0. The summed E-state index contributed by atoms with van der Waals surface area (Å²) in [6.07, 6.45) is 2.47. The average molecular weight is 525 g/mol. The number of rotatable bonds is 6. The minimum atomic E-state index is -0.917. The third-order valence-electron chi connectivity index (χ3n) is 6.34. The summed E-state index contributed by atoms with van der Waals surface area (Å²) in [6, 6.07) is 27.8. The Balaban J connectivity index is 0.00000152. The molecule has 7 heteroatoms. The zero-order valence-electron chi connectivity index (χ0n) is 20.2. The Kier molecular flexibility index (Phi) is 7.42. The number of aromatic nitrogens is 2. The van der Waals surface area contributed by atoms with Crippen LogP contribution in [0.15, 0.2) is 90.1 Å². The maximum atomic E-state index is 12.3. The van der Waals surface area contributed by atoms with Crippen molar-refractivity contribution in [3.63, 3.8) is 0 Å². The Bertz CT molecular complexity index is 1550. The van der Waals surface area contributed by atoms with Crippen LogP contribution in [0.25, 0.3) is 27.5 Å². The van der Waals surface area contributed by atoms with Gasteiger partial charge in [-0.2, -0.15) is 0 Å². The predicted octanol–water partition coefficient (Wildman–Crippen LogP) is 4.74. The molecule has 170 valence electrons. The van der Waals surface area contributed by atoms with Gasteiger partial charge in [-0.25, -0.2) is 4.98 Å². The quantitative estimate of drug-likeness (QED) is 0.257. The van der Waals surface area contributed by atoms with Crippen molar-refractivity contribution in [1.29, 1.82) is 0 Å². The molecule has 0 amide bonds. The third-order valence-corrected chi connectivity index (χ3v) is 7.79. The van der Waals surface area contributed by atoms with Crippen LogP contribution in [-0.2, 0) is 4.79 Å². The van der Waals surface area contributed by atoms with E-state index in [0.717, 1.165) is 22.1 Å². The van der Waals surface area contributed by atoms with Crippen molar-refractivity contribution in [1.82, 2.24) is 9.55 Å². The van der Waals surface area contributed by atoms with Crippen molar-refractivity contribution in [2.45, 2.75) is 29.2 Å². The van der Waals surface area contributed by atoms with Gasteiger partial charge in [0.2, 0.25) is 0 Å². The van der Waals surface area contributed by atoms with Crippen molar-refractivity contribution >= 4 is 51.1 Å². The number of fused-ring (bicyclic) bond motifs is 2. The topological polar surface area (TPSA) is 55.1 Å². The van der Waals surface area contributed by atoms with Crippen LogP contribution in [0.5, 0.6) is 0 Å². The van der Waals surface area contributed by atoms with Gasteiger partial charge >= 0.3 is 57.4 Å². The number of benzene rings is 4. The molecule has 4 aromatic carbocycles. The van der Waals surface area contributed by atoms with Gasteiger partial charge in [-0.3, -0.25) is 9.36 Å². The van der Waals surface area contributed by atoms with E-state index >= 15 is 0 Å². The van der Waals surface area contributed by atoms with Crippen molar-refractivity contribution in [2.24, 2.45) is 0 Å². The molecular formula is C28H22ClKN2O2S. The van der Waals surface area contributed by atoms with Gasteiger partial charge in [-0.15, -0.1) is 0 Å². The van der Waals surface area contributed by atoms with Crippen LogP contribution >= 0.6 is 23.4 Å². The summed E-state index contributed by atoms with van der Waals surface area (Å²) in [5.74, 6) is -0.284. The molecule has 35 heavy (non-hydrogen) atoms. The van der Waals surface area contributed by atoms with Crippen LogP contribution in [-0.4, -0.2) is 20.6 Å². The van der Waals surface area contributed by atoms with Gasteiger partial charge in [0.25, 0.3) is 0 Å². The number of thioether (sulfide) groups is 1. The smallest absolute Gasteiger partial charge is 1.00 e. The van der Waals surface area contributed by atoms with Crippen molar-refractivity contribution in [3.8, 4) is 5.69 Å². The largest absolute Gasteiger partial charge is 1.00 e. The summed E-state index contributed by atoms with van der Waals surface area (Å²) in [5, 5.41) is 12.9. The van der Waals surface area contributed by atoms with Crippen LogP contribution in [0.2, 0.25) is 5.02 Å². The number of imidazole rings is 1. The molecule has 5 aromatic rings. The Morgan fingerprint density at radius 1 is 0.971 bits per heavy atom. The fraction of sp³-hybridized carbons (Fsp3) is 0.143. The number of halogens is 1. The molecule has 1 aliphatic carbocycles. The molecule has 1 saturated carbocycles. The molecule has 0 bridgehead atoms. The molecule has 4 nitrogen and oxygen atoms in total. The van der Waals surface area contributed by atoms with Gasteiger partial charge in [0.05, 0.1) is 16.7 Å². The van der Waals surface area contributed by atoms with E-state index in [1.165, 1.54) is 35.6 Å². The minimum Gasteiger partial charge on any atom is -1.00 e. The molecule has 0 radical (unpaired) electrons. The molecule has 6 rings (SSSR count). The van der Waals surface area contributed by atoms with E-state index in [-0.39, 0.29) is 52.8 Å². The van der Waals surface area contributed by atoms with Gasteiger partial charge in [0.1, 0.15) is 5.25 Å². The van der Waals surface area contributed by atoms with Gasteiger partial charge < -0.3 is 6.53 Å². The summed E-state index contributed by atoms with van der Waals surface area (Å²) >= 11 is 7.28. The average Bonchev–Trinajstić information content (AvgIpc) is 3.63. The summed E-state index contributed by atoms with van der Waals surface area (Å²) < 4.78 is 2.10. The third kappa shape index (κ3) is 4.86. The van der Waals surface area contributed by atoms with Crippen LogP contribution < -0.4 is 51.4 Å². The number of aliphatic carboxylic acids is 1. The van der Waals surface area contributed by atoms with Crippen LogP contribution in [0.4, 0.5) is 0 Å². The van der Waals surface area contributed by atoms with Gasteiger partial charge in [-0.1, -0.05) is 78.0 Å². The first kappa shape index (κ1) is 25.0. The zero-order valence-corrected chi connectivity index (χ0v) is 23.9. The Labute approximate surface area is 256 Å². The van der Waals surface area contributed by atoms with E-state index in [4.69, 9.17) is 16.6 Å². The maximum Gasteiger partial charge on any atom is 1.00 e. The molecule has 1 aromatic heterocycles. The Morgan fingerprint density at radius 2 is 1.66 bits per heavy atom. The Morgan fingerprint density at radius 3 is 2.37 bits per heavy atom. The zero-order chi connectivity index (χ0) is 23.2. The van der Waals surface area contributed by atoms with Crippen LogP contribution in [0.3, 0.4) is 0 Å². The molecule has 1 aliphatic rings. The fourth-order valence-corrected chi connectivity index (χ4v) is 5.76. The first-order valence-corrected chi connectivity index (χ1v) is 12.5. The second-order valence-corrected chi connectivity index (χ2v) is 10.1. The van der Waals surface area contributed by atoms with Crippen LogP contribution in [0.1, 0.15) is 36.6 Å². The molecular weight excluding hydrogens is 503 g/mol. The van der Waals surface area contributed by atoms with Crippen LogP contribution in [0, 0.1) is 0 Å². The summed E-state index contributed by atoms with van der Waals surface area (Å²) in [7, 11) is 0. The summed E-state index contributed by atoms with van der Waals surface area (Å²) in [4.78, 5) is 17.2. The number of nitrogens with zero attached hydrogens (tertiary/aromatic N) is 2. The van der Waals surface area contributed by atoms with Gasteiger partial charge in [-0.05, 0) is 65.6 Å². The SMILES string of the molecule is O=C(O)C(Sc1nc2ccccc2n1-c1ccc(C2CC2)c2ccccc12)c1ccc(Cl)cc1.[H-].[K+]. The van der Waals surface area contributed by atoms with E-state index in [1.807, 2.05) is 24.3 Å². The number of carboxylic acids is 1. The first-order valence-electron chi connectivity index (χ1n) is 11.2. The van der Waals surface area contributed by atoms with Gasteiger partial charge in [0.15, 0.2) is 5.16 Å². The van der Waals surface area contributed by atoms with E-state index in [0.29, 0.717) is 21.7 Å². The van der Waals surface area contributed by atoms with E-state index in [9.17, 15) is 9.90 Å². The standard InChI is InChI=1S/C28H21ClN2O2S.K.H/c29-19-13-11-18(12-14-19)26(27(32)33)34-28-30-23-7-3-4-8-25(23)31(28)24-16-15-20(17-9-10-17)21-5-1-2-6-22(21)24;;/h1-8,11-17,26H,9-10H2,(H,32,33);;/q;+1;-1. The number of carbonyl (C=O) groups is 1. The normalized spacial score (nSPS) is 14.1. The number of carboxylic acid groups (broad SMARTS) is 1. The van der Waals surface area contributed by atoms with Crippen molar-refractivity contribution in [3.05, 3.63) is 101 Å². The number of hydrogen-bond donors (Lipinski definition) is 1. The monoisotopic (exact) mass is 524 g/mol. The van der Waals surface area contributed by atoms with E-state index in [1.54, 1.807) is 24.3 Å². The van der Waals surface area contributed by atoms with Gasteiger partial charge in [0, 0.05) is 10.4 Å². The van der Waals surface area contributed by atoms with E-state index in [2.05, 4.69) is 41.0 Å². The summed E-state index contributed by atoms with van der Waals surface area (Å²) in [5.41, 5.74) is 4.86. The maximum absolute atomic E-state index is 12.3. The van der Waals surface area contributed by atoms with E-state index < -0.39 is 11.2 Å². The molecule has 1 N–H and O–H groups in total. The fourth-order valence-electron chi connectivity index (χ4n) is 4.57. The summed E-state index contributed by atoms with van der Waals surface area (Å²) in [6.45, 7) is 0. The molecule has 0 aliphatic heterocycles. The number of hydrogen-bond acceptors (Lipinski definition) is 3. The molecule has 1 unspecified atom stereocenters. The molecule has 1 heterocycles. The Hall–Kier alpha value is -1.64. The molecule has 1 atom stereocenters. The van der Waals surface area contributed by atoms with Crippen molar-refractivity contribution < 1.29 is 62.7 Å². The van der Waals surface area contributed by atoms with Crippen molar-refractivity contribution in [2.75, 3.05) is 0 Å². The first-order chi connectivity index (χ1) is 16.6. The molecule has 0 saturated heterocycles. The second-order valence-electron chi connectivity index (χ2n) is 8.60. The predicted molar refractivity (Wildman–Crippen MR) is 139 cm³/mol. The molecule has 0 spiro atoms. The molecule has 1 fully saturated rings. The number of para-hydroxylation sites is 2.